The van der Waals surface area contributed by atoms with E-state index in [9.17, 15) is 4.79 Å². The van der Waals surface area contributed by atoms with Crippen LogP contribution in [0.1, 0.15) is 29.4 Å². The van der Waals surface area contributed by atoms with Crippen molar-refractivity contribution in [2.75, 3.05) is 6.61 Å². The molecule has 4 rings (SSSR count). The third kappa shape index (κ3) is 1.82. The number of carbonyl (C=O) groups is 1. The third-order valence-electron chi connectivity index (χ3n) is 4.00. The van der Waals surface area contributed by atoms with Gasteiger partial charge in [-0.15, -0.1) is 0 Å². The Morgan fingerprint density at radius 1 is 1.05 bits per heavy atom. The molecule has 2 aromatic carbocycles. The Balaban J connectivity index is 1.99. The van der Waals surface area contributed by atoms with Gasteiger partial charge in [-0.3, -0.25) is 9.78 Å². The van der Waals surface area contributed by atoms with Gasteiger partial charge in [-0.25, -0.2) is 0 Å². The molecular weight excluding hydrogens is 274 g/mol. The lowest BCUT2D eigenvalue weighted by atomic mass is 9.85. The number of benzene rings is 2. The molecule has 0 unspecified atom stereocenters. The van der Waals surface area contributed by atoms with E-state index in [1.165, 1.54) is 0 Å². The van der Waals surface area contributed by atoms with Crippen molar-refractivity contribution in [3.8, 4) is 16.9 Å². The Bertz CT molecular complexity index is 894. The van der Waals surface area contributed by atoms with Crippen molar-refractivity contribution < 1.29 is 9.53 Å². The summed E-state index contributed by atoms with van der Waals surface area (Å²) in [5, 5.41) is 1.98. The maximum absolute atomic E-state index is 12.7. The molecule has 0 spiro atoms. The quantitative estimate of drug-likeness (QED) is 0.566. The first-order chi connectivity index (χ1) is 10.8. The lowest BCUT2D eigenvalue weighted by Gasteiger charge is -2.19. The zero-order valence-corrected chi connectivity index (χ0v) is 12.3. The van der Waals surface area contributed by atoms with Crippen molar-refractivity contribution in [3.05, 3.63) is 59.9 Å². The Morgan fingerprint density at radius 3 is 2.82 bits per heavy atom. The zero-order chi connectivity index (χ0) is 15.1. The van der Waals surface area contributed by atoms with Crippen LogP contribution in [-0.4, -0.2) is 17.4 Å². The van der Waals surface area contributed by atoms with Gasteiger partial charge in [0, 0.05) is 17.1 Å². The largest absolute Gasteiger partial charge is 0.494 e. The van der Waals surface area contributed by atoms with Gasteiger partial charge in [0.1, 0.15) is 11.4 Å². The van der Waals surface area contributed by atoms with Gasteiger partial charge in [0.25, 0.3) is 0 Å². The van der Waals surface area contributed by atoms with Crippen molar-refractivity contribution in [2.24, 2.45) is 0 Å². The molecule has 3 nitrogen and oxygen atoms in total. The van der Waals surface area contributed by atoms with Crippen LogP contribution < -0.4 is 4.74 Å². The molecule has 3 aromatic rings. The van der Waals surface area contributed by atoms with E-state index >= 15 is 0 Å². The molecule has 0 aliphatic heterocycles. The first-order valence-corrected chi connectivity index (χ1v) is 7.49. The average molecular weight is 289 g/mol. The van der Waals surface area contributed by atoms with Gasteiger partial charge in [0.05, 0.1) is 6.61 Å². The van der Waals surface area contributed by atoms with Crippen LogP contribution in [0.4, 0.5) is 0 Å². The minimum atomic E-state index is -0.0126. The molecule has 1 aliphatic carbocycles. The molecule has 0 bridgehead atoms. The maximum Gasteiger partial charge on any atom is 0.212 e. The molecule has 0 atom stereocenters. The monoisotopic (exact) mass is 289 g/mol. The number of hydrogen-bond acceptors (Lipinski definition) is 3. The highest BCUT2D eigenvalue weighted by Crippen LogP contribution is 2.39. The number of fused-ring (bicyclic) bond motifs is 2. The van der Waals surface area contributed by atoms with Crippen LogP contribution in [0.2, 0.25) is 0 Å². The molecule has 0 saturated heterocycles. The maximum atomic E-state index is 12.7. The first kappa shape index (κ1) is 13.0. The lowest BCUT2D eigenvalue weighted by molar-refractivity contribution is 0.103. The minimum Gasteiger partial charge on any atom is -0.494 e. The summed E-state index contributed by atoms with van der Waals surface area (Å²) < 4.78 is 5.71. The van der Waals surface area contributed by atoms with Gasteiger partial charge in [0.2, 0.25) is 5.78 Å². The summed E-state index contributed by atoms with van der Waals surface area (Å²) in [6, 6.07) is 13.7. The van der Waals surface area contributed by atoms with Crippen LogP contribution in [-0.2, 0) is 0 Å². The predicted octanol–water partition coefficient (Wildman–Crippen LogP) is 4.24. The fourth-order valence-corrected chi connectivity index (χ4v) is 3.01. The fourth-order valence-electron chi connectivity index (χ4n) is 3.01. The summed E-state index contributed by atoms with van der Waals surface area (Å²) in [6.45, 7) is 2.75. The second-order valence-corrected chi connectivity index (χ2v) is 5.45. The van der Waals surface area contributed by atoms with Crippen LogP contribution in [0.15, 0.2) is 48.7 Å². The Kier molecular flexibility index (Phi) is 2.93. The molecule has 0 N–H and O–H groups in total. The summed E-state index contributed by atoms with van der Waals surface area (Å²) >= 11 is 0. The number of pyridine rings is 1. The van der Waals surface area contributed by atoms with Gasteiger partial charge in [-0.05, 0) is 47.2 Å². The van der Waals surface area contributed by atoms with Crippen molar-refractivity contribution in [1.82, 2.24) is 4.98 Å². The molecule has 108 valence electrons. The van der Waals surface area contributed by atoms with Crippen LogP contribution in [0.25, 0.3) is 21.9 Å². The zero-order valence-electron chi connectivity index (χ0n) is 12.3. The lowest BCUT2D eigenvalue weighted by Crippen LogP contribution is -2.12. The topological polar surface area (TPSA) is 39.2 Å². The second kappa shape index (κ2) is 4.95. The third-order valence-corrected chi connectivity index (χ3v) is 4.00. The number of aromatic nitrogens is 1. The Labute approximate surface area is 128 Å². The standard InChI is InChI=1S/C19H15NO2/c1-2-10-22-13-6-7-15-16(11-13)14-5-3-4-12-8-9-20-18(17(12)14)19(15)21/h3-9,11H,2,10H2,1H3. The highest BCUT2D eigenvalue weighted by molar-refractivity contribution is 6.24. The van der Waals surface area contributed by atoms with E-state index in [0.29, 0.717) is 17.9 Å². The molecule has 0 radical (unpaired) electrons. The van der Waals surface area contributed by atoms with Crippen molar-refractivity contribution in [3.63, 3.8) is 0 Å². The molecule has 22 heavy (non-hydrogen) atoms. The van der Waals surface area contributed by atoms with E-state index in [4.69, 9.17) is 4.74 Å². The summed E-state index contributed by atoms with van der Waals surface area (Å²) in [6.07, 6.45) is 2.65. The van der Waals surface area contributed by atoms with Crippen molar-refractivity contribution >= 4 is 16.6 Å². The molecular formula is C19H15NO2. The van der Waals surface area contributed by atoms with Gasteiger partial charge in [-0.2, -0.15) is 0 Å². The van der Waals surface area contributed by atoms with Crippen LogP contribution in [0.3, 0.4) is 0 Å². The number of rotatable bonds is 3. The van der Waals surface area contributed by atoms with Gasteiger partial charge in [-0.1, -0.05) is 25.1 Å². The molecule has 0 amide bonds. The summed E-state index contributed by atoms with van der Waals surface area (Å²) in [5.74, 6) is 0.791. The molecule has 0 saturated carbocycles. The second-order valence-electron chi connectivity index (χ2n) is 5.45. The molecule has 0 fully saturated rings. The van der Waals surface area contributed by atoms with E-state index < -0.39 is 0 Å². The van der Waals surface area contributed by atoms with Gasteiger partial charge in [0.15, 0.2) is 0 Å². The number of ketones is 1. The molecule has 1 heterocycles. The normalized spacial score (nSPS) is 12.3. The fraction of sp³-hybridized carbons (Fsp3) is 0.158. The van der Waals surface area contributed by atoms with Crippen LogP contribution >= 0.6 is 0 Å². The van der Waals surface area contributed by atoms with E-state index in [1.807, 2.05) is 42.5 Å². The van der Waals surface area contributed by atoms with Crippen LogP contribution in [0, 0.1) is 0 Å². The number of carbonyl (C=O) groups excluding carboxylic acids is 1. The molecule has 1 aromatic heterocycles. The predicted molar refractivity (Wildman–Crippen MR) is 86.4 cm³/mol. The first-order valence-electron chi connectivity index (χ1n) is 7.49. The van der Waals surface area contributed by atoms with Gasteiger partial charge >= 0.3 is 0 Å². The number of ether oxygens (including phenoxy) is 1. The summed E-state index contributed by atoms with van der Waals surface area (Å²) in [5.41, 5.74) is 3.23. The molecule has 3 heteroatoms. The van der Waals surface area contributed by atoms with E-state index in [0.717, 1.165) is 34.1 Å². The van der Waals surface area contributed by atoms with E-state index in [-0.39, 0.29) is 5.78 Å². The summed E-state index contributed by atoms with van der Waals surface area (Å²) in [4.78, 5) is 17.0. The number of nitrogens with zero attached hydrogens (tertiary/aromatic N) is 1. The highest BCUT2D eigenvalue weighted by atomic mass is 16.5. The number of hydrogen-bond donors (Lipinski definition) is 0. The van der Waals surface area contributed by atoms with Crippen LogP contribution in [0.5, 0.6) is 5.75 Å². The SMILES string of the molecule is CCCOc1ccc2c(c1)-c1cccc3ccnc(c13)C2=O. The summed E-state index contributed by atoms with van der Waals surface area (Å²) in [7, 11) is 0. The van der Waals surface area contributed by atoms with Crippen molar-refractivity contribution in [1.29, 1.82) is 0 Å². The average Bonchev–Trinajstić information content (AvgIpc) is 2.57. The van der Waals surface area contributed by atoms with E-state index in [2.05, 4.69) is 11.9 Å². The van der Waals surface area contributed by atoms with Gasteiger partial charge < -0.3 is 4.74 Å². The Hall–Kier alpha value is -2.68. The Morgan fingerprint density at radius 2 is 1.95 bits per heavy atom. The minimum absolute atomic E-state index is 0.0126. The smallest absolute Gasteiger partial charge is 0.212 e. The highest BCUT2D eigenvalue weighted by Gasteiger charge is 2.26. The molecule has 1 aliphatic rings. The van der Waals surface area contributed by atoms with Crippen molar-refractivity contribution in [2.45, 2.75) is 13.3 Å². The van der Waals surface area contributed by atoms with E-state index in [1.54, 1.807) is 6.20 Å².